The predicted octanol–water partition coefficient (Wildman–Crippen LogP) is 2.50. The van der Waals surface area contributed by atoms with Crippen LogP contribution in [0.4, 0.5) is 0 Å². The Bertz CT molecular complexity index is 369. The summed E-state index contributed by atoms with van der Waals surface area (Å²) in [7, 11) is 1.79. The van der Waals surface area contributed by atoms with Crippen LogP contribution in [0.5, 0.6) is 0 Å². The predicted molar refractivity (Wildman–Crippen MR) is 102 cm³/mol. The lowest BCUT2D eigenvalue weighted by Gasteiger charge is -2.33. The van der Waals surface area contributed by atoms with Crippen LogP contribution in [0.2, 0.25) is 0 Å². The third-order valence-corrected chi connectivity index (χ3v) is 4.67. The smallest absolute Gasteiger partial charge is 0.224 e. The summed E-state index contributed by atoms with van der Waals surface area (Å²) in [5.41, 5.74) is 0. The first-order valence-corrected chi connectivity index (χ1v) is 8.47. The van der Waals surface area contributed by atoms with Gasteiger partial charge < -0.3 is 15.5 Å². The van der Waals surface area contributed by atoms with Crippen molar-refractivity contribution in [1.29, 1.82) is 0 Å². The van der Waals surface area contributed by atoms with Crippen molar-refractivity contribution in [3.05, 3.63) is 0 Å². The molecule has 1 heterocycles. The van der Waals surface area contributed by atoms with E-state index in [0.717, 1.165) is 25.3 Å². The maximum Gasteiger partial charge on any atom is 0.224 e. The lowest BCUT2D eigenvalue weighted by molar-refractivity contribution is -0.134. The van der Waals surface area contributed by atoms with E-state index < -0.39 is 0 Å². The quantitative estimate of drug-likeness (QED) is 0.416. The van der Waals surface area contributed by atoms with Gasteiger partial charge in [0, 0.05) is 38.6 Å². The number of halogens is 1. The molecule has 1 atom stereocenters. The molecule has 1 saturated carbocycles. The minimum Gasteiger partial charge on any atom is -0.356 e. The summed E-state index contributed by atoms with van der Waals surface area (Å²) in [4.78, 5) is 18.5. The molecule has 1 aliphatic heterocycles. The molecule has 0 bridgehead atoms. The standard InChI is InChI=1S/C16H30N4O.HI/c1-13-7-5-6-12-20(13)15(21)10-11-18-16(17-2)19-14-8-3-4-9-14;/h13-14H,3-12H2,1-2H3,(H2,17,18,19);1H. The zero-order valence-corrected chi connectivity index (χ0v) is 16.3. The number of nitrogens with zero attached hydrogens (tertiary/aromatic N) is 2. The van der Waals surface area contributed by atoms with Crippen LogP contribution in [0.1, 0.15) is 58.3 Å². The highest BCUT2D eigenvalue weighted by atomic mass is 127. The van der Waals surface area contributed by atoms with Gasteiger partial charge in [-0.1, -0.05) is 12.8 Å². The SMILES string of the molecule is CN=C(NCCC(=O)N1CCCCC1C)NC1CCCC1.I. The Morgan fingerprint density at radius 1 is 1.18 bits per heavy atom. The lowest BCUT2D eigenvalue weighted by atomic mass is 10.0. The maximum atomic E-state index is 12.2. The van der Waals surface area contributed by atoms with Gasteiger partial charge in [-0.2, -0.15) is 0 Å². The summed E-state index contributed by atoms with van der Waals surface area (Å²) >= 11 is 0. The Morgan fingerprint density at radius 2 is 1.86 bits per heavy atom. The number of rotatable bonds is 4. The second-order valence-electron chi connectivity index (χ2n) is 6.31. The van der Waals surface area contributed by atoms with E-state index in [1.807, 2.05) is 4.90 Å². The van der Waals surface area contributed by atoms with Gasteiger partial charge in [0.2, 0.25) is 5.91 Å². The fraction of sp³-hybridized carbons (Fsp3) is 0.875. The number of likely N-dealkylation sites (tertiary alicyclic amines) is 1. The van der Waals surface area contributed by atoms with Crippen LogP contribution in [0.15, 0.2) is 4.99 Å². The van der Waals surface area contributed by atoms with Crippen molar-refractivity contribution in [2.75, 3.05) is 20.1 Å². The molecule has 0 aromatic rings. The van der Waals surface area contributed by atoms with E-state index >= 15 is 0 Å². The molecule has 0 aromatic heterocycles. The molecule has 2 rings (SSSR count). The van der Waals surface area contributed by atoms with Crippen molar-refractivity contribution in [3.8, 4) is 0 Å². The highest BCUT2D eigenvalue weighted by molar-refractivity contribution is 14.0. The highest BCUT2D eigenvalue weighted by Gasteiger charge is 2.22. The Balaban J connectivity index is 0.00000242. The molecule has 2 aliphatic rings. The minimum absolute atomic E-state index is 0. The fourth-order valence-corrected chi connectivity index (χ4v) is 3.36. The molecule has 22 heavy (non-hydrogen) atoms. The summed E-state index contributed by atoms with van der Waals surface area (Å²) in [6, 6.07) is 0.955. The van der Waals surface area contributed by atoms with Crippen molar-refractivity contribution in [2.24, 2.45) is 4.99 Å². The van der Waals surface area contributed by atoms with Crippen LogP contribution in [0.25, 0.3) is 0 Å². The van der Waals surface area contributed by atoms with Gasteiger partial charge in [-0.25, -0.2) is 0 Å². The third kappa shape index (κ3) is 5.93. The van der Waals surface area contributed by atoms with Gasteiger partial charge in [-0.3, -0.25) is 9.79 Å². The average molecular weight is 422 g/mol. The molecule has 2 fully saturated rings. The first-order chi connectivity index (χ1) is 10.2. The van der Waals surface area contributed by atoms with E-state index in [1.54, 1.807) is 7.05 Å². The number of amides is 1. The Labute approximate surface area is 151 Å². The van der Waals surface area contributed by atoms with Crippen LogP contribution in [0, 0.1) is 0 Å². The number of nitrogens with one attached hydrogen (secondary N) is 2. The van der Waals surface area contributed by atoms with Gasteiger partial charge in [-0.15, -0.1) is 24.0 Å². The van der Waals surface area contributed by atoms with Crippen molar-refractivity contribution >= 4 is 35.8 Å². The highest BCUT2D eigenvalue weighted by Crippen LogP contribution is 2.18. The number of hydrogen-bond donors (Lipinski definition) is 2. The molecular formula is C16H31IN4O. The molecule has 6 heteroatoms. The van der Waals surface area contributed by atoms with E-state index in [2.05, 4.69) is 22.5 Å². The van der Waals surface area contributed by atoms with Crippen LogP contribution in [-0.4, -0.2) is 49.0 Å². The molecule has 0 radical (unpaired) electrons. The number of piperidine rings is 1. The molecular weight excluding hydrogens is 391 g/mol. The second kappa shape index (κ2) is 10.3. The summed E-state index contributed by atoms with van der Waals surface area (Å²) in [5, 5.41) is 6.71. The minimum atomic E-state index is 0. The van der Waals surface area contributed by atoms with Gasteiger partial charge in [0.1, 0.15) is 0 Å². The van der Waals surface area contributed by atoms with E-state index in [4.69, 9.17) is 0 Å². The Morgan fingerprint density at radius 3 is 2.50 bits per heavy atom. The zero-order chi connectivity index (χ0) is 15.1. The van der Waals surface area contributed by atoms with Gasteiger partial charge in [0.05, 0.1) is 0 Å². The molecule has 2 N–H and O–H groups in total. The number of hydrogen-bond acceptors (Lipinski definition) is 2. The first-order valence-electron chi connectivity index (χ1n) is 8.47. The normalized spacial score (nSPS) is 23.1. The molecule has 0 spiro atoms. The Hall–Kier alpha value is -0.530. The lowest BCUT2D eigenvalue weighted by Crippen LogP contribution is -2.45. The molecule has 128 valence electrons. The topological polar surface area (TPSA) is 56.7 Å². The van der Waals surface area contributed by atoms with Crippen LogP contribution < -0.4 is 10.6 Å². The summed E-state index contributed by atoms with van der Waals surface area (Å²) < 4.78 is 0. The molecule has 1 unspecified atom stereocenters. The fourth-order valence-electron chi connectivity index (χ4n) is 3.36. The van der Waals surface area contributed by atoms with Gasteiger partial charge >= 0.3 is 0 Å². The van der Waals surface area contributed by atoms with Gasteiger partial charge in [-0.05, 0) is 39.0 Å². The number of aliphatic imine (C=N–C) groups is 1. The van der Waals surface area contributed by atoms with E-state index in [1.165, 1.54) is 32.1 Å². The largest absolute Gasteiger partial charge is 0.356 e. The number of guanidine groups is 1. The summed E-state index contributed by atoms with van der Waals surface area (Å²) in [6.07, 6.45) is 9.16. The third-order valence-electron chi connectivity index (χ3n) is 4.67. The van der Waals surface area contributed by atoms with E-state index in [0.29, 0.717) is 25.0 Å². The summed E-state index contributed by atoms with van der Waals surface area (Å²) in [5.74, 6) is 1.10. The number of carbonyl (C=O) groups excluding carboxylic acids is 1. The van der Waals surface area contributed by atoms with Crippen molar-refractivity contribution in [3.63, 3.8) is 0 Å². The molecule has 1 amide bonds. The molecule has 5 nitrogen and oxygen atoms in total. The average Bonchev–Trinajstić information content (AvgIpc) is 2.99. The van der Waals surface area contributed by atoms with E-state index in [-0.39, 0.29) is 29.9 Å². The Kier molecular flexibility index (Phi) is 9.12. The monoisotopic (exact) mass is 422 g/mol. The van der Waals surface area contributed by atoms with Crippen molar-refractivity contribution < 1.29 is 4.79 Å². The van der Waals surface area contributed by atoms with Crippen LogP contribution in [-0.2, 0) is 4.79 Å². The van der Waals surface area contributed by atoms with Crippen LogP contribution >= 0.6 is 24.0 Å². The molecule has 1 aliphatic carbocycles. The second-order valence-corrected chi connectivity index (χ2v) is 6.31. The van der Waals surface area contributed by atoms with Gasteiger partial charge in [0.15, 0.2) is 5.96 Å². The molecule has 0 aromatic carbocycles. The summed E-state index contributed by atoms with van der Waals surface area (Å²) in [6.45, 7) is 3.74. The zero-order valence-electron chi connectivity index (χ0n) is 13.9. The van der Waals surface area contributed by atoms with E-state index in [9.17, 15) is 4.79 Å². The van der Waals surface area contributed by atoms with Crippen LogP contribution in [0.3, 0.4) is 0 Å². The molecule has 1 saturated heterocycles. The van der Waals surface area contributed by atoms with Crippen molar-refractivity contribution in [2.45, 2.75) is 70.4 Å². The van der Waals surface area contributed by atoms with Gasteiger partial charge in [0.25, 0.3) is 0 Å². The van der Waals surface area contributed by atoms with Crippen molar-refractivity contribution in [1.82, 2.24) is 15.5 Å². The first kappa shape index (κ1) is 19.5. The number of carbonyl (C=O) groups is 1. The maximum absolute atomic E-state index is 12.2.